The summed E-state index contributed by atoms with van der Waals surface area (Å²) in [7, 11) is -1.80. The molecule has 0 bridgehead atoms. The summed E-state index contributed by atoms with van der Waals surface area (Å²) in [6, 6.07) is 20.8. The lowest BCUT2D eigenvalue weighted by Gasteiger charge is -2.37. The van der Waals surface area contributed by atoms with Crippen molar-refractivity contribution >= 4 is 14.4 Å². The molecular formula is C28H42N2O3Si. The first-order valence-electron chi connectivity index (χ1n) is 12.5. The van der Waals surface area contributed by atoms with E-state index in [1.807, 2.05) is 24.3 Å². The molecule has 0 radical (unpaired) electrons. The number of ether oxygens (including phenoxy) is 1. The van der Waals surface area contributed by atoms with Crippen LogP contribution in [0.4, 0.5) is 4.79 Å². The van der Waals surface area contributed by atoms with E-state index in [4.69, 9.17) is 9.16 Å². The molecule has 2 aromatic carbocycles. The van der Waals surface area contributed by atoms with E-state index in [2.05, 4.69) is 82.6 Å². The summed E-state index contributed by atoms with van der Waals surface area (Å²) in [4.78, 5) is 12.6. The van der Waals surface area contributed by atoms with Crippen LogP contribution in [0.2, 0.25) is 18.1 Å². The molecule has 1 aliphatic heterocycles. The number of rotatable bonds is 11. The molecule has 5 nitrogen and oxygen atoms in total. The van der Waals surface area contributed by atoms with E-state index in [-0.39, 0.29) is 23.2 Å². The van der Waals surface area contributed by atoms with E-state index >= 15 is 0 Å². The Morgan fingerprint density at radius 1 is 1.06 bits per heavy atom. The van der Waals surface area contributed by atoms with Crippen LogP contribution in [0.1, 0.15) is 45.2 Å². The van der Waals surface area contributed by atoms with Gasteiger partial charge in [0.15, 0.2) is 8.32 Å². The highest BCUT2D eigenvalue weighted by atomic mass is 28.4. The number of nitrogens with zero attached hydrogens (tertiary/aromatic N) is 1. The second-order valence-electron chi connectivity index (χ2n) is 11.2. The zero-order chi connectivity index (χ0) is 24.8. The van der Waals surface area contributed by atoms with Crippen molar-refractivity contribution in [2.45, 2.75) is 77.2 Å². The fourth-order valence-electron chi connectivity index (χ4n) is 4.05. The molecule has 1 aliphatic rings. The van der Waals surface area contributed by atoms with Crippen LogP contribution in [0.5, 0.6) is 0 Å². The van der Waals surface area contributed by atoms with E-state index in [9.17, 15) is 4.79 Å². The second kappa shape index (κ2) is 11.5. The predicted molar refractivity (Wildman–Crippen MR) is 141 cm³/mol. The van der Waals surface area contributed by atoms with Gasteiger partial charge in [-0.3, -0.25) is 0 Å². The molecule has 0 aliphatic carbocycles. The molecule has 0 aromatic heterocycles. The van der Waals surface area contributed by atoms with Crippen molar-refractivity contribution in [1.82, 2.24) is 10.4 Å². The zero-order valence-electron chi connectivity index (χ0n) is 21.7. The van der Waals surface area contributed by atoms with Crippen molar-refractivity contribution in [3.63, 3.8) is 0 Å². The van der Waals surface area contributed by atoms with E-state index in [1.54, 1.807) is 5.01 Å². The highest BCUT2D eigenvalue weighted by Crippen LogP contribution is 2.37. The summed E-state index contributed by atoms with van der Waals surface area (Å²) >= 11 is 0. The highest BCUT2D eigenvalue weighted by molar-refractivity contribution is 6.74. The van der Waals surface area contributed by atoms with Gasteiger partial charge in [0.25, 0.3) is 0 Å². The Balaban J connectivity index is 1.68. The molecular weight excluding hydrogens is 440 g/mol. The maximum absolute atomic E-state index is 12.6. The monoisotopic (exact) mass is 482 g/mol. The quantitative estimate of drug-likeness (QED) is 0.387. The fourth-order valence-corrected chi connectivity index (χ4v) is 5.19. The predicted octanol–water partition coefficient (Wildman–Crippen LogP) is 6.21. The van der Waals surface area contributed by atoms with E-state index in [0.29, 0.717) is 12.5 Å². The van der Waals surface area contributed by atoms with Crippen LogP contribution >= 0.6 is 0 Å². The van der Waals surface area contributed by atoms with Gasteiger partial charge < -0.3 is 9.16 Å². The molecule has 6 heteroatoms. The normalized spacial score (nSPS) is 18.6. The largest absolute Gasteiger partial charge is 0.446 e. The molecule has 1 N–H and O–H groups in total. The van der Waals surface area contributed by atoms with Crippen LogP contribution in [0.15, 0.2) is 60.7 Å². The third kappa shape index (κ3) is 7.42. The number of hydrogen-bond donors (Lipinski definition) is 1. The highest BCUT2D eigenvalue weighted by Gasteiger charge is 2.38. The standard InChI is InChI=1S/C28H42N2O3Si/c1-22(20-33-34(5,6)28(2,3)4)17-25(18-23-13-9-7-10-14-23)29-30-26(21-32-27(30)31)19-24-15-11-8-12-16-24/h7-16,22,25-26,29H,17-21H2,1-6H3/t22-,25+,26+/m0/s1. The van der Waals surface area contributed by atoms with Gasteiger partial charge in [0.2, 0.25) is 0 Å². The zero-order valence-corrected chi connectivity index (χ0v) is 22.7. The Morgan fingerprint density at radius 3 is 2.24 bits per heavy atom. The van der Waals surface area contributed by atoms with Crippen molar-refractivity contribution in [3.8, 4) is 0 Å². The maximum atomic E-state index is 12.6. The molecule has 0 spiro atoms. The number of carbonyl (C=O) groups excluding carboxylic acids is 1. The van der Waals surface area contributed by atoms with Crippen LogP contribution in [0.25, 0.3) is 0 Å². The molecule has 1 amide bonds. The van der Waals surface area contributed by atoms with Gasteiger partial charge in [-0.05, 0) is 54.4 Å². The van der Waals surface area contributed by atoms with Crippen LogP contribution in [-0.2, 0) is 22.0 Å². The van der Waals surface area contributed by atoms with Gasteiger partial charge in [-0.15, -0.1) is 0 Å². The van der Waals surface area contributed by atoms with Gasteiger partial charge in [-0.25, -0.2) is 15.2 Å². The molecule has 0 saturated carbocycles. The van der Waals surface area contributed by atoms with Crippen LogP contribution in [-0.4, -0.2) is 44.7 Å². The van der Waals surface area contributed by atoms with Crippen molar-refractivity contribution in [1.29, 1.82) is 0 Å². The minimum absolute atomic E-state index is 0.0213. The van der Waals surface area contributed by atoms with Crippen molar-refractivity contribution < 1.29 is 14.0 Å². The van der Waals surface area contributed by atoms with Gasteiger partial charge in [0.1, 0.15) is 6.61 Å². The average molecular weight is 483 g/mol. The number of nitrogens with one attached hydrogen (secondary N) is 1. The topological polar surface area (TPSA) is 50.8 Å². The van der Waals surface area contributed by atoms with Gasteiger partial charge in [0.05, 0.1) is 6.04 Å². The van der Waals surface area contributed by atoms with Crippen LogP contribution in [0.3, 0.4) is 0 Å². The lowest BCUT2D eigenvalue weighted by Crippen LogP contribution is -2.51. The Morgan fingerprint density at radius 2 is 1.65 bits per heavy atom. The summed E-state index contributed by atoms with van der Waals surface area (Å²) < 4.78 is 11.9. The lowest BCUT2D eigenvalue weighted by molar-refractivity contribution is 0.122. The Labute approximate surface area is 206 Å². The number of carbonyl (C=O) groups is 1. The molecule has 2 aromatic rings. The number of amides is 1. The smallest absolute Gasteiger partial charge is 0.424 e. The summed E-state index contributed by atoms with van der Waals surface area (Å²) in [5, 5.41) is 1.92. The number of benzene rings is 2. The minimum atomic E-state index is -1.80. The molecule has 1 saturated heterocycles. The van der Waals surface area contributed by atoms with Gasteiger partial charge in [-0.1, -0.05) is 88.4 Å². The Bertz CT molecular complexity index is 899. The lowest BCUT2D eigenvalue weighted by atomic mass is 9.97. The molecule has 34 heavy (non-hydrogen) atoms. The second-order valence-corrected chi connectivity index (χ2v) is 16.0. The molecule has 3 rings (SSSR count). The third-order valence-corrected chi connectivity index (χ3v) is 11.6. The number of cyclic esters (lactones) is 1. The van der Waals surface area contributed by atoms with E-state index < -0.39 is 8.32 Å². The number of hydrazine groups is 1. The first kappa shape index (κ1) is 26.5. The fraction of sp³-hybridized carbons (Fsp3) is 0.536. The maximum Gasteiger partial charge on any atom is 0.424 e. The Hall–Kier alpha value is -2.15. The van der Waals surface area contributed by atoms with E-state index in [1.165, 1.54) is 11.1 Å². The summed E-state index contributed by atoms with van der Waals surface area (Å²) in [6.07, 6.45) is 2.23. The van der Waals surface area contributed by atoms with Gasteiger partial charge in [0, 0.05) is 12.6 Å². The van der Waals surface area contributed by atoms with Crippen LogP contribution in [0, 0.1) is 5.92 Å². The molecule has 1 heterocycles. The summed E-state index contributed by atoms with van der Waals surface area (Å²) in [6.45, 7) is 14.8. The SMILES string of the molecule is C[C@H](CO[Si](C)(C)C(C)(C)C)C[C@H](Cc1ccccc1)NN1C(=O)OC[C@H]1Cc1ccccc1. The van der Waals surface area contributed by atoms with Gasteiger partial charge >= 0.3 is 6.09 Å². The first-order chi connectivity index (χ1) is 16.0. The Kier molecular flexibility index (Phi) is 8.96. The van der Waals surface area contributed by atoms with Crippen molar-refractivity contribution in [2.75, 3.05) is 13.2 Å². The summed E-state index contributed by atoms with van der Waals surface area (Å²) in [5.74, 6) is 0.363. The molecule has 0 unspecified atom stereocenters. The minimum Gasteiger partial charge on any atom is -0.446 e. The third-order valence-electron chi connectivity index (χ3n) is 7.14. The van der Waals surface area contributed by atoms with E-state index in [0.717, 1.165) is 25.9 Å². The molecule has 3 atom stereocenters. The molecule has 186 valence electrons. The average Bonchev–Trinajstić information content (AvgIpc) is 3.12. The number of hydrogen-bond acceptors (Lipinski definition) is 4. The van der Waals surface area contributed by atoms with Crippen molar-refractivity contribution in [2.24, 2.45) is 5.92 Å². The first-order valence-corrected chi connectivity index (χ1v) is 15.4. The van der Waals surface area contributed by atoms with Gasteiger partial charge in [-0.2, -0.15) is 0 Å². The van der Waals surface area contributed by atoms with Crippen molar-refractivity contribution in [3.05, 3.63) is 71.8 Å². The molecule has 1 fully saturated rings. The summed E-state index contributed by atoms with van der Waals surface area (Å²) in [5.41, 5.74) is 6.01. The van der Waals surface area contributed by atoms with Crippen LogP contribution < -0.4 is 5.43 Å².